The number of pyridine rings is 2. The van der Waals surface area contributed by atoms with Gasteiger partial charge in [0, 0.05) is 87.8 Å². The Balaban J connectivity index is 0.000000186. The van der Waals surface area contributed by atoms with E-state index in [2.05, 4.69) is 78.4 Å². The fraction of sp³-hybridized carbons (Fsp3) is 0.290. The first-order valence-electron chi connectivity index (χ1n) is 28.9. The molecule has 6 aromatic heterocycles. The van der Waals surface area contributed by atoms with E-state index in [1.807, 2.05) is 27.7 Å². The number of amides is 4. The Kier molecular flexibility index (Phi) is 22.1. The van der Waals surface area contributed by atoms with Crippen LogP contribution in [0.15, 0.2) is 114 Å². The van der Waals surface area contributed by atoms with Gasteiger partial charge in [0.25, 0.3) is 11.8 Å². The Bertz CT molecular complexity index is 4610. The van der Waals surface area contributed by atoms with Crippen molar-refractivity contribution in [3.63, 3.8) is 0 Å². The molecule has 6 N–H and O–H groups in total. The van der Waals surface area contributed by atoms with Crippen molar-refractivity contribution in [1.82, 2.24) is 59.3 Å². The number of primary amides is 2. The molecule has 3 saturated heterocycles. The highest BCUT2D eigenvalue weighted by atomic mass is 79.9. The molecular formula is C62H58BBrCl2F4N14O8S3. The number of hydrogen-bond acceptors (Lipinski definition) is 16. The first-order valence-corrected chi connectivity index (χ1v) is 31.8. The fourth-order valence-electron chi connectivity index (χ4n) is 11.3. The minimum atomic E-state index is -1.43. The van der Waals surface area contributed by atoms with E-state index in [0.717, 1.165) is 14.9 Å². The van der Waals surface area contributed by atoms with E-state index in [9.17, 15) is 37.5 Å². The zero-order chi connectivity index (χ0) is 67.7. The highest BCUT2D eigenvalue weighted by Crippen LogP contribution is 2.38. The molecule has 494 valence electrons. The van der Waals surface area contributed by atoms with Gasteiger partial charge in [-0.2, -0.15) is 23.7 Å². The molecule has 4 aromatic carbocycles. The third kappa shape index (κ3) is 14.7. The van der Waals surface area contributed by atoms with Gasteiger partial charge in [-0.1, -0.05) is 96.0 Å². The van der Waals surface area contributed by atoms with Gasteiger partial charge in [-0.15, -0.1) is 0 Å². The van der Waals surface area contributed by atoms with Gasteiger partial charge >= 0.3 is 7.12 Å². The number of halogens is 7. The van der Waals surface area contributed by atoms with Crippen LogP contribution in [0.1, 0.15) is 72.6 Å². The van der Waals surface area contributed by atoms with Crippen LogP contribution in [-0.2, 0) is 76.8 Å². The number of nitrogens with zero attached hydrogens (tertiary/aromatic N) is 10. The molecule has 10 aromatic rings. The maximum absolute atomic E-state index is 15.7. The molecule has 4 amide bonds. The number of rotatable bonds is 14. The lowest BCUT2D eigenvalue weighted by molar-refractivity contribution is -0.138. The van der Waals surface area contributed by atoms with E-state index in [1.165, 1.54) is 45.0 Å². The number of imidazole rings is 2. The Morgan fingerprint density at radius 1 is 0.632 bits per heavy atom. The first-order chi connectivity index (χ1) is 44.8. The largest absolute Gasteiger partial charge is 0.497 e. The quantitative estimate of drug-likeness (QED) is 0.0586. The van der Waals surface area contributed by atoms with Crippen molar-refractivity contribution in [2.24, 2.45) is 11.5 Å². The van der Waals surface area contributed by atoms with Crippen LogP contribution in [0, 0.1) is 11.6 Å². The van der Waals surface area contributed by atoms with Crippen molar-refractivity contribution in [3.05, 3.63) is 159 Å². The number of aromatic amines is 2. The number of carbonyl (C=O) groups is 6. The summed E-state index contributed by atoms with van der Waals surface area (Å²) in [6.07, 6.45) is 2.10. The number of hydrogen-bond donors (Lipinski definition) is 4. The molecule has 0 aliphatic carbocycles. The summed E-state index contributed by atoms with van der Waals surface area (Å²) in [4.78, 5) is 101. The summed E-state index contributed by atoms with van der Waals surface area (Å²) in [5, 5.41) is 10.2. The van der Waals surface area contributed by atoms with Crippen LogP contribution in [0.4, 0.5) is 17.6 Å². The highest BCUT2D eigenvalue weighted by Gasteiger charge is 2.53. The third-order valence-corrected chi connectivity index (χ3v) is 18.3. The number of benzene rings is 4. The Morgan fingerprint density at radius 3 is 1.56 bits per heavy atom. The number of carbonyl (C=O) groups excluding carboxylic acids is 6. The average Bonchev–Trinajstić information content (AvgIpc) is 1.70. The maximum atomic E-state index is 15.7. The molecule has 0 saturated carbocycles. The average molecular weight is 1460 g/mol. The maximum Gasteiger partial charge on any atom is 0.497 e. The number of alkyl halides is 2. The predicted octanol–water partition coefficient (Wildman–Crippen LogP) is 8.42. The number of likely N-dealkylation sites (tertiary alicyclic amines) is 2. The summed E-state index contributed by atoms with van der Waals surface area (Å²) in [6.45, 7) is 6.22. The van der Waals surface area contributed by atoms with E-state index >= 15 is 8.78 Å². The van der Waals surface area contributed by atoms with Crippen LogP contribution in [-0.4, -0.2) is 150 Å². The molecular weight excluding hydrogens is 1400 g/mol. The lowest BCUT2D eigenvalue weighted by Crippen LogP contribution is -2.43. The lowest BCUT2D eigenvalue weighted by atomic mass is 9.77. The van der Waals surface area contributed by atoms with Gasteiger partial charge in [0.05, 0.1) is 74.6 Å². The van der Waals surface area contributed by atoms with Gasteiger partial charge in [0.2, 0.25) is 11.8 Å². The van der Waals surface area contributed by atoms with Gasteiger partial charge in [0.1, 0.15) is 48.1 Å². The molecule has 95 heavy (non-hydrogen) atoms. The second-order valence-electron chi connectivity index (χ2n) is 23.1. The molecule has 4 atom stereocenters. The van der Waals surface area contributed by atoms with Crippen molar-refractivity contribution in [3.8, 4) is 11.1 Å². The molecule has 0 spiro atoms. The summed E-state index contributed by atoms with van der Waals surface area (Å²) >= 11 is 23.0. The minimum absolute atomic E-state index is 0. The normalized spacial score (nSPS) is 17.8. The van der Waals surface area contributed by atoms with Crippen molar-refractivity contribution in [2.45, 2.75) is 102 Å². The van der Waals surface area contributed by atoms with Crippen LogP contribution in [0.5, 0.6) is 0 Å². The van der Waals surface area contributed by atoms with Crippen molar-refractivity contribution < 1.29 is 55.6 Å². The summed E-state index contributed by atoms with van der Waals surface area (Å²) in [6, 6.07) is 20.6. The smallest absolute Gasteiger partial charge is 0.399 e. The topological polar surface area (TPSA) is 298 Å². The Morgan fingerprint density at radius 2 is 1.07 bits per heavy atom. The molecule has 22 nitrogen and oxygen atoms in total. The van der Waals surface area contributed by atoms with Crippen LogP contribution < -0.4 is 16.9 Å². The van der Waals surface area contributed by atoms with Crippen molar-refractivity contribution in [2.75, 3.05) is 13.1 Å². The van der Waals surface area contributed by atoms with E-state index in [0.29, 0.717) is 49.2 Å². The SMILES string of the molecule is CC1(C)OB(c2cccc(CC(=O)[C@@H]3C[C@@H](F)CN3C(=O)Cn3nc(C(N)=O)c4ccccc43)c2F)OC1(C)C.Clc1c(Br)cnc2nc[nH]c12.NC(=O)c1nn(CC(=O)N2C[C@H](F)C[C@H]2C(=O)Cc2cccc(-c3cnc4nc[nH]c4c3Cl)c2F)c2ccccc12.S.S=S. The van der Waals surface area contributed by atoms with E-state index < -0.39 is 89.6 Å². The molecule has 33 heteroatoms. The summed E-state index contributed by atoms with van der Waals surface area (Å²) in [7, 11) is -0.950. The first kappa shape index (κ1) is 71.1. The second-order valence-corrected chi connectivity index (χ2v) is 24.8. The number of nitrogens with one attached hydrogen (secondary N) is 2. The van der Waals surface area contributed by atoms with Crippen LogP contribution in [0.2, 0.25) is 10.0 Å². The van der Waals surface area contributed by atoms with Crippen LogP contribution in [0.25, 0.3) is 55.3 Å². The number of nitrogens with two attached hydrogens (primary N) is 2. The standard InChI is InChI=1S/C28H31BF2N4O5.C28H22ClF2N7O3.C6H3BrClN3.S2.H2S/c1-27(2)28(3,4)40-29(39-27)19-10-7-8-16(24(19)31)12-22(36)21-13-17(30)14-34(21)23(37)15-35-20-11-6-5-9-18(20)25(33-35)26(32)38;29-23-18(10-33-28-26(23)34-13-35-28)16-6-3-4-14(24(16)31)8-21(39)20-9-15(30)11-37(20)22(40)12-38-19-7-2-1-5-17(19)25(36-38)27(32)41;7-3-1-9-6-5(4(3)8)10-2-11-6;1-2;/h5-11,17,21H,12-15H2,1-4H3,(H2,32,38);1-7,10,13,15,20H,8-9,11-12H2,(H2,32,41)(H,33,34,35);1-2H,(H,9,10,11);;1H2/t17-,21+;15-,20+;;;/m11.../s1. The molecule has 0 unspecified atom stereocenters. The van der Waals surface area contributed by atoms with Crippen LogP contribution in [0.3, 0.4) is 0 Å². The summed E-state index contributed by atoms with van der Waals surface area (Å²) in [5.41, 5.74) is 13.6. The predicted molar refractivity (Wildman–Crippen MR) is 362 cm³/mol. The van der Waals surface area contributed by atoms with Gasteiger partial charge in [0.15, 0.2) is 34.2 Å². The minimum Gasteiger partial charge on any atom is -0.399 e. The second kappa shape index (κ2) is 29.4. The highest BCUT2D eigenvalue weighted by molar-refractivity contribution is 9.10. The number of fused-ring (bicyclic) bond motifs is 4. The molecule has 9 heterocycles. The zero-order valence-electron chi connectivity index (χ0n) is 50.8. The van der Waals surface area contributed by atoms with Gasteiger partial charge in [-0.25, -0.2) is 37.5 Å². The number of H-pyrrole nitrogens is 2. The van der Waals surface area contributed by atoms with E-state index in [1.54, 1.807) is 79.3 Å². The monoisotopic (exact) mass is 1460 g/mol. The van der Waals surface area contributed by atoms with Gasteiger partial charge in [-0.05, 0) is 66.9 Å². The molecule has 3 aliphatic rings. The zero-order valence-corrected chi connectivity index (χ0v) is 56.5. The van der Waals surface area contributed by atoms with Gasteiger partial charge in [-0.3, -0.25) is 38.1 Å². The fourth-order valence-corrected chi connectivity index (χ4v) is 12.1. The third-order valence-electron chi connectivity index (χ3n) is 16.7. The lowest BCUT2D eigenvalue weighted by Gasteiger charge is -2.32. The summed E-state index contributed by atoms with van der Waals surface area (Å²) < 4.78 is 75.7. The molecule has 3 fully saturated rings. The number of ketones is 2. The molecule has 13 rings (SSSR count). The molecule has 0 radical (unpaired) electrons. The summed E-state index contributed by atoms with van der Waals surface area (Å²) in [5.74, 6) is -4.90. The number of para-hydroxylation sites is 2. The van der Waals surface area contributed by atoms with Gasteiger partial charge < -0.3 is 40.5 Å². The number of aromatic nitrogens is 10. The Hall–Kier alpha value is -8.17. The van der Waals surface area contributed by atoms with Crippen molar-refractivity contribution in [1.29, 1.82) is 0 Å². The molecule has 0 bridgehead atoms. The van der Waals surface area contributed by atoms with Crippen LogP contribution >= 0.6 is 52.6 Å². The van der Waals surface area contributed by atoms with Crippen molar-refractivity contribution >= 4 is 167 Å². The van der Waals surface area contributed by atoms with E-state index in [4.69, 9.17) is 44.0 Å². The van der Waals surface area contributed by atoms with E-state index in [-0.39, 0.29) is 104 Å². The Labute approximate surface area is 574 Å². The number of Topliss-reactive ketones (excluding diaryl/α,β-unsaturated/α-hetero) is 2. The molecule has 3 aliphatic heterocycles.